The summed E-state index contributed by atoms with van der Waals surface area (Å²) in [6.07, 6.45) is 8.22. The molecule has 0 amide bonds. The first kappa shape index (κ1) is 14.8. The Morgan fingerprint density at radius 1 is 0.900 bits per heavy atom. The van der Waals surface area contributed by atoms with Crippen molar-refractivity contribution in [2.75, 3.05) is 13.2 Å². The fourth-order valence-corrected chi connectivity index (χ4v) is 4.46. The zero-order valence-electron chi connectivity index (χ0n) is 12.3. The highest BCUT2D eigenvalue weighted by Crippen LogP contribution is 2.40. The van der Waals surface area contributed by atoms with Crippen molar-refractivity contribution in [1.29, 1.82) is 0 Å². The van der Waals surface area contributed by atoms with Gasteiger partial charge in [-0.15, -0.1) is 0 Å². The molecule has 0 aromatic heterocycles. The molecule has 0 bridgehead atoms. The highest BCUT2D eigenvalue weighted by Gasteiger charge is 2.45. The Labute approximate surface area is 121 Å². The summed E-state index contributed by atoms with van der Waals surface area (Å²) in [5.41, 5.74) is 0. The quantitative estimate of drug-likeness (QED) is 0.733. The lowest BCUT2D eigenvalue weighted by Crippen LogP contribution is -2.50. The summed E-state index contributed by atoms with van der Waals surface area (Å²) in [7, 11) is 0. The molecule has 1 saturated heterocycles. The van der Waals surface area contributed by atoms with Crippen LogP contribution in [0.3, 0.4) is 0 Å². The molecule has 4 atom stereocenters. The summed E-state index contributed by atoms with van der Waals surface area (Å²) in [5.74, 6) is 1.14. The molecule has 1 aliphatic heterocycles. The van der Waals surface area contributed by atoms with Crippen LogP contribution in [0.25, 0.3) is 0 Å². The molecule has 4 unspecified atom stereocenters. The first-order valence-corrected chi connectivity index (χ1v) is 8.45. The topological polar surface area (TPSA) is 61.7 Å². The Hall–Kier alpha value is -0.160. The largest absolute Gasteiger partial charge is 0.390 e. The lowest BCUT2D eigenvalue weighted by atomic mass is 9.77. The summed E-state index contributed by atoms with van der Waals surface area (Å²) in [6, 6.07) is 0.524. The third-order valence-electron chi connectivity index (χ3n) is 5.64. The van der Waals surface area contributed by atoms with Crippen molar-refractivity contribution in [1.82, 2.24) is 5.32 Å². The van der Waals surface area contributed by atoms with E-state index in [1.165, 1.54) is 32.1 Å². The monoisotopic (exact) mass is 283 g/mol. The van der Waals surface area contributed by atoms with Crippen molar-refractivity contribution >= 4 is 0 Å². The number of hydrogen-bond donors (Lipinski definition) is 3. The molecule has 0 spiro atoms. The van der Waals surface area contributed by atoms with E-state index in [0.717, 1.165) is 32.5 Å². The molecule has 20 heavy (non-hydrogen) atoms. The summed E-state index contributed by atoms with van der Waals surface area (Å²) < 4.78 is 5.40. The van der Waals surface area contributed by atoms with Gasteiger partial charge in [0.1, 0.15) is 0 Å². The van der Waals surface area contributed by atoms with E-state index >= 15 is 0 Å². The van der Waals surface area contributed by atoms with Gasteiger partial charge in [0.05, 0.1) is 12.2 Å². The average molecular weight is 283 g/mol. The predicted octanol–water partition coefficient (Wildman–Crippen LogP) is 1.45. The third-order valence-corrected chi connectivity index (χ3v) is 5.64. The van der Waals surface area contributed by atoms with E-state index in [0.29, 0.717) is 17.9 Å². The highest BCUT2D eigenvalue weighted by atomic mass is 16.5. The number of hydrogen-bond acceptors (Lipinski definition) is 4. The average Bonchev–Trinajstić information content (AvgIpc) is 2.78. The maximum atomic E-state index is 10.3. The van der Waals surface area contributed by atoms with Crippen molar-refractivity contribution in [2.45, 2.75) is 75.7 Å². The summed E-state index contributed by atoms with van der Waals surface area (Å²) in [5, 5.41) is 24.1. The maximum absolute atomic E-state index is 10.3. The van der Waals surface area contributed by atoms with Gasteiger partial charge in [0, 0.05) is 25.3 Å². The van der Waals surface area contributed by atoms with E-state index in [-0.39, 0.29) is 6.04 Å². The minimum atomic E-state index is -0.593. The zero-order chi connectivity index (χ0) is 13.9. The van der Waals surface area contributed by atoms with Gasteiger partial charge < -0.3 is 20.3 Å². The molecule has 3 fully saturated rings. The molecule has 3 rings (SSSR count). The van der Waals surface area contributed by atoms with E-state index in [2.05, 4.69) is 5.32 Å². The van der Waals surface area contributed by atoms with Crippen LogP contribution in [0.2, 0.25) is 0 Å². The van der Waals surface area contributed by atoms with Gasteiger partial charge >= 0.3 is 0 Å². The smallest absolute Gasteiger partial charge is 0.0954 e. The van der Waals surface area contributed by atoms with Gasteiger partial charge in [-0.3, -0.25) is 0 Å². The maximum Gasteiger partial charge on any atom is 0.0954 e. The molecule has 1 heterocycles. The molecule has 3 aliphatic rings. The third kappa shape index (κ3) is 3.19. The van der Waals surface area contributed by atoms with Crippen LogP contribution in [0, 0.1) is 11.8 Å². The van der Waals surface area contributed by atoms with Crippen molar-refractivity contribution in [2.24, 2.45) is 11.8 Å². The Morgan fingerprint density at radius 3 is 2.30 bits per heavy atom. The van der Waals surface area contributed by atoms with E-state index in [1.807, 2.05) is 0 Å². The number of aliphatic hydroxyl groups is 2. The second-order valence-electron chi connectivity index (χ2n) is 6.93. The van der Waals surface area contributed by atoms with Gasteiger partial charge in [-0.1, -0.05) is 32.1 Å². The van der Waals surface area contributed by atoms with Crippen LogP contribution >= 0.6 is 0 Å². The lowest BCUT2D eigenvalue weighted by molar-refractivity contribution is 0.0182. The zero-order valence-corrected chi connectivity index (χ0v) is 12.3. The summed E-state index contributed by atoms with van der Waals surface area (Å²) in [6.45, 7) is 1.63. The van der Waals surface area contributed by atoms with E-state index in [4.69, 9.17) is 4.74 Å². The molecule has 4 heteroatoms. The van der Waals surface area contributed by atoms with Crippen LogP contribution in [0.1, 0.15) is 51.4 Å². The minimum Gasteiger partial charge on any atom is -0.390 e. The Bertz CT molecular complexity index is 300. The lowest BCUT2D eigenvalue weighted by Gasteiger charge is -2.36. The summed E-state index contributed by atoms with van der Waals surface area (Å²) in [4.78, 5) is 0. The van der Waals surface area contributed by atoms with E-state index in [9.17, 15) is 10.2 Å². The van der Waals surface area contributed by atoms with Crippen LogP contribution in [0.5, 0.6) is 0 Å². The first-order chi connectivity index (χ1) is 9.75. The van der Waals surface area contributed by atoms with Gasteiger partial charge in [-0.25, -0.2) is 0 Å². The standard InChI is InChI=1S/C16H29NO3/c18-14-10-13(11-4-2-1-3-5-11)15(16(14)19)17-12-6-8-20-9-7-12/h11-19H,1-10H2. The second kappa shape index (κ2) is 6.73. The first-order valence-electron chi connectivity index (χ1n) is 8.45. The molecule has 2 aliphatic carbocycles. The van der Waals surface area contributed by atoms with Gasteiger partial charge in [0.2, 0.25) is 0 Å². The summed E-state index contributed by atoms with van der Waals surface area (Å²) >= 11 is 0. The normalized spacial score (nSPS) is 41.1. The number of ether oxygens (including phenoxy) is 1. The molecular formula is C16H29NO3. The van der Waals surface area contributed by atoms with Gasteiger partial charge in [0.15, 0.2) is 0 Å². The molecule has 116 valence electrons. The highest BCUT2D eigenvalue weighted by molar-refractivity contribution is 5.00. The molecule has 0 aromatic rings. The van der Waals surface area contributed by atoms with E-state index in [1.54, 1.807) is 0 Å². The molecule has 4 nitrogen and oxygen atoms in total. The second-order valence-corrected chi connectivity index (χ2v) is 6.93. The van der Waals surface area contributed by atoms with Gasteiger partial charge in [0.25, 0.3) is 0 Å². The Balaban J connectivity index is 1.63. The minimum absolute atomic E-state index is 0.0798. The van der Waals surface area contributed by atoms with Crippen molar-refractivity contribution in [3.8, 4) is 0 Å². The Kier molecular flexibility index (Phi) is 4.97. The van der Waals surface area contributed by atoms with Crippen LogP contribution in [0.15, 0.2) is 0 Å². The van der Waals surface area contributed by atoms with Crippen molar-refractivity contribution in [3.63, 3.8) is 0 Å². The van der Waals surface area contributed by atoms with Crippen LogP contribution in [-0.2, 0) is 4.74 Å². The molecule has 2 saturated carbocycles. The van der Waals surface area contributed by atoms with E-state index < -0.39 is 12.2 Å². The molecule has 3 N–H and O–H groups in total. The molecular weight excluding hydrogens is 254 g/mol. The molecule has 0 aromatic carbocycles. The van der Waals surface area contributed by atoms with Crippen LogP contribution < -0.4 is 5.32 Å². The van der Waals surface area contributed by atoms with Crippen molar-refractivity contribution < 1.29 is 14.9 Å². The number of rotatable bonds is 3. The van der Waals surface area contributed by atoms with Crippen LogP contribution in [0.4, 0.5) is 0 Å². The number of aliphatic hydroxyl groups excluding tert-OH is 2. The van der Waals surface area contributed by atoms with Gasteiger partial charge in [-0.05, 0) is 31.1 Å². The SMILES string of the molecule is OC1CC(C2CCCCC2)C(NC2CCOCC2)C1O. The fraction of sp³-hybridized carbons (Fsp3) is 1.00. The molecule has 0 radical (unpaired) electrons. The number of nitrogens with one attached hydrogen (secondary N) is 1. The van der Waals surface area contributed by atoms with Crippen LogP contribution in [-0.4, -0.2) is 47.7 Å². The van der Waals surface area contributed by atoms with Gasteiger partial charge in [-0.2, -0.15) is 0 Å². The van der Waals surface area contributed by atoms with Crippen molar-refractivity contribution in [3.05, 3.63) is 0 Å². The fourth-order valence-electron chi connectivity index (χ4n) is 4.46. The predicted molar refractivity (Wildman–Crippen MR) is 77.5 cm³/mol. The Morgan fingerprint density at radius 2 is 1.60 bits per heavy atom.